The monoisotopic (exact) mass is 533 g/mol. The van der Waals surface area contributed by atoms with E-state index in [0.717, 1.165) is 35.6 Å². The molecule has 12 heteroatoms. The smallest absolute Gasteiger partial charge is 0.341 e. The molecule has 0 spiro atoms. The van der Waals surface area contributed by atoms with Gasteiger partial charge in [-0.15, -0.1) is 32.9 Å². The van der Waals surface area contributed by atoms with Crippen LogP contribution in [0.15, 0.2) is 10.5 Å². The molecular formula is C23H27N5O4S3. The first-order chi connectivity index (χ1) is 16.7. The SMILES string of the molecule is COC(=O)c1c(NC(=O)CSc2nnc(-c3csc4c3CCCC4)n2C)sc(C(=O)N(C)C)c1C. The average molecular weight is 534 g/mol. The van der Waals surface area contributed by atoms with Crippen molar-refractivity contribution < 1.29 is 19.1 Å². The third-order valence-electron chi connectivity index (χ3n) is 5.86. The Bertz CT molecular complexity index is 1290. The molecule has 3 aromatic heterocycles. The van der Waals surface area contributed by atoms with E-state index in [1.54, 1.807) is 32.4 Å². The number of amides is 2. The lowest BCUT2D eigenvalue weighted by atomic mass is 9.96. The van der Waals surface area contributed by atoms with Gasteiger partial charge in [-0.3, -0.25) is 9.59 Å². The molecule has 0 aliphatic heterocycles. The Labute approximate surface area is 215 Å². The number of rotatable bonds is 7. The fourth-order valence-corrected chi connectivity index (χ4v) is 7.07. The summed E-state index contributed by atoms with van der Waals surface area (Å²) in [6, 6.07) is 0. The molecule has 1 aliphatic rings. The highest BCUT2D eigenvalue weighted by atomic mass is 32.2. The van der Waals surface area contributed by atoms with Crippen LogP contribution in [-0.4, -0.2) is 64.4 Å². The number of aryl methyl sites for hydroxylation is 1. The van der Waals surface area contributed by atoms with Crippen molar-refractivity contribution in [2.45, 2.75) is 37.8 Å². The molecule has 3 aromatic rings. The Morgan fingerprint density at radius 2 is 1.97 bits per heavy atom. The topological polar surface area (TPSA) is 106 Å². The largest absolute Gasteiger partial charge is 0.465 e. The lowest BCUT2D eigenvalue weighted by Gasteiger charge is -2.12. The average Bonchev–Trinajstić information content (AvgIpc) is 3.51. The van der Waals surface area contributed by atoms with Gasteiger partial charge in [-0.2, -0.15) is 0 Å². The normalized spacial score (nSPS) is 12.8. The zero-order valence-corrected chi connectivity index (χ0v) is 22.7. The van der Waals surface area contributed by atoms with Crippen molar-refractivity contribution in [3.05, 3.63) is 31.8 Å². The molecule has 2 amide bonds. The van der Waals surface area contributed by atoms with Crippen LogP contribution >= 0.6 is 34.4 Å². The molecule has 1 aliphatic carbocycles. The molecule has 0 unspecified atom stereocenters. The van der Waals surface area contributed by atoms with Crippen molar-refractivity contribution in [3.63, 3.8) is 0 Å². The Morgan fingerprint density at radius 3 is 2.69 bits per heavy atom. The van der Waals surface area contributed by atoms with Gasteiger partial charge in [0.05, 0.1) is 23.3 Å². The maximum Gasteiger partial charge on any atom is 0.341 e. The van der Waals surface area contributed by atoms with Gasteiger partial charge in [0.25, 0.3) is 5.91 Å². The zero-order chi connectivity index (χ0) is 25.3. The van der Waals surface area contributed by atoms with Crippen molar-refractivity contribution in [1.82, 2.24) is 19.7 Å². The first-order valence-corrected chi connectivity index (χ1v) is 13.8. The Kier molecular flexibility index (Phi) is 7.62. The van der Waals surface area contributed by atoms with Crippen LogP contribution in [0.1, 0.15) is 48.9 Å². The molecule has 0 saturated heterocycles. The first kappa shape index (κ1) is 25.4. The highest BCUT2D eigenvalue weighted by molar-refractivity contribution is 7.99. The molecule has 9 nitrogen and oxygen atoms in total. The number of aromatic nitrogens is 3. The van der Waals surface area contributed by atoms with Crippen LogP contribution in [0.3, 0.4) is 0 Å². The van der Waals surface area contributed by atoms with Crippen LogP contribution in [0.5, 0.6) is 0 Å². The van der Waals surface area contributed by atoms with E-state index < -0.39 is 5.97 Å². The maximum atomic E-state index is 12.8. The summed E-state index contributed by atoms with van der Waals surface area (Å²) in [5.41, 5.74) is 3.19. The predicted molar refractivity (Wildman–Crippen MR) is 139 cm³/mol. The van der Waals surface area contributed by atoms with E-state index in [1.165, 1.54) is 47.1 Å². The number of thioether (sulfide) groups is 1. The highest BCUT2D eigenvalue weighted by Crippen LogP contribution is 2.37. The van der Waals surface area contributed by atoms with E-state index >= 15 is 0 Å². The van der Waals surface area contributed by atoms with Gasteiger partial charge in [-0.25, -0.2) is 4.79 Å². The number of nitrogens with zero attached hydrogens (tertiary/aromatic N) is 4. The van der Waals surface area contributed by atoms with Gasteiger partial charge in [0.2, 0.25) is 5.91 Å². The van der Waals surface area contributed by atoms with E-state index in [0.29, 0.717) is 20.6 Å². The number of nitrogens with one attached hydrogen (secondary N) is 1. The minimum atomic E-state index is -0.600. The number of esters is 1. The van der Waals surface area contributed by atoms with Crippen molar-refractivity contribution in [2.75, 3.05) is 32.3 Å². The van der Waals surface area contributed by atoms with Gasteiger partial charge < -0.3 is 19.5 Å². The number of anilines is 1. The lowest BCUT2D eigenvalue weighted by molar-refractivity contribution is -0.113. The number of fused-ring (bicyclic) bond motifs is 1. The summed E-state index contributed by atoms with van der Waals surface area (Å²) in [7, 11) is 6.44. The van der Waals surface area contributed by atoms with Crippen LogP contribution in [-0.2, 0) is 29.4 Å². The second-order valence-corrected chi connectivity index (χ2v) is 11.3. The number of hydrogen-bond donors (Lipinski definition) is 1. The van der Waals surface area contributed by atoms with E-state index in [2.05, 4.69) is 20.9 Å². The number of methoxy groups -OCH3 is 1. The zero-order valence-electron chi connectivity index (χ0n) is 20.3. The Hall–Kier alpha value is -2.70. The molecule has 0 radical (unpaired) electrons. The fraction of sp³-hybridized carbons (Fsp3) is 0.435. The lowest BCUT2D eigenvalue weighted by Crippen LogP contribution is -2.21. The van der Waals surface area contributed by atoms with Crippen LogP contribution in [0.25, 0.3) is 11.4 Å². The number of carbonyl (C=O) groups excluding carboxylic acids is 3. The quantitative estimate of drug-likeness (QED) is 0.361. The molecule has 0 fully saturated rings. The number of thiophene rings is 2. The van der Waals surface area contributed by atoms with Crippen molar-refractivity contribution in [1.29, 1.82) is 0 Å². The van der Waals surface area contributed by atoms with E-state index in [9.17, 15) is 14.4 Å². The first-order valence-electron chi connectivity index (χ1n) is 11.1. The minimum Gasteiger partial charge on any atom is -0.465 e. The summed E-state index contributed by atoms with van der Waals surface area (Å²) in [6.45, 7) is 1.67. The maximum absolute atomic E-state index is 12.8. The number of hydrogen-bond acceptors (Lipinski definition) is 9. The molecule has 35 heavy (non-hydrogen) atoms. The van der Waals surface area contributed by atoms with Crippen molar-refractivity contribution in [3.8, 4) is 11.4 Å². The summed E-state index contributed by atoms with van der Waals surface area (Å²) in [5, 5.41) is 14.6. The molecule has 3 heterocycles. The standard InChI is InChI=1S/C23H27N5O4S3/c1-12-17(22(31)32-5)20(35-18(12)21(30)27(2)3)24-16(29)11-34-23-26-25-19(28(23)4)14-10-33-15-9-7-6-8-13(14)15/h10H,6-9,11H2,1-5H3,(H,24,29). The second kappa shape index (κ2) is 10.5. The molecule has 0 atom stereocenters. The summed E-state index contributed by atoms with van der Waals surface area (Å²) in [6.07, 6.45) is 4.60. The molecule has 0 bridgehead atoms. The van der Waals surface area contributed by atoms with Crippen LogP contribution in [0, 0.1) is 6.92 Å². The molecule has 1 N–H and O–H groups in total. The number of carbonyl (C=O) groups is 3. The van der Waals surface area contributed by atoms with Gasteiger partial charge in [-0.1, -0.05) is 11.8 Å². The number of ether oxygens (including phenoxy) is 1. The van der Waals surface area contributed by atoms with Crippen LogP contribution in [0.4, 0.5) is 5.00 Å². The summed E-state index contributed by atoms with van der Waals surface area (Å²) >= 11 is 4.12. The fourth-order valence-electron chi connectivity index (χ4n) is 4.01. The third kappa shape index (κ3) is 5.00. The minimum absolute atomic E-state index is 0.0717. The Balaban J connectivity index is 1.49. The highest BCUT2D eigenvalue weighted by Gasteiger charge is 2.27. The van der Waals surface area contributed by atoms with Crippen molar-refractivity contribution >= 4 is 57.2 Å². The van der Waals surface area contributed by atoms with Gasteiger partial charge in [0.15, 0.2) is 11.0 Å². The third-order valence-corrected chi connectivity index (χ3v) is 9.16. The van der Waals surface area contributed by atoms with Gasteiger partial charge in [0, 0.05) is 37.0 Å². The van der Waals surface area contributed by atoms with Gasteiger partial charge >= 0.3 is 5.97 Å². The van der Waals surface area contributed by atoms with Crippen LogP contribution < -0.4 is 5.32 Å². The van der Waals surface area contributed by atoms with E-state index in [1.807, 2.05) is 11.6 Å². The van der Waals surface area contributed by atoms with Gasteiger partial charge in [0.1, 0.15) is 5.00 Å². The van der Waals surface area contributed by atoms with Gasteiger partial charge in [-0.05, 0) is 43.7 Å². The van der Waals surface area contributed by atoms with Crippen LogP contribution in [0.2, 0.25) is 0 Å². The predicted octanol–water partition coefficient (Wildman–Crippen LogP) is 4.01. The second-order valence-electron chi connectivity index (χ2n) is 8.41. The molecular weight excluding hydrogens is 506 g/mol. The molecule has 0 aromatic carbocycles. The summed E-state index contributed by atoms with van der Waals surface area (Å²) in [4.78, 5) is 40.9. The summed E-state index contributed by atoms with van der Waals surface area (Å²) < 4.78 is 6.80. The summed E-state index contributed by atoms with van der Waals surface area (Å²) in [5.74, 6) is -0.280. The van der Waals surface area contributed by atoms with E-state index in [4.69, 9.17) is 4.74 Å². The Morgan fingerprint density at radius 1 is 1.23 bits per heavy atom. The van der Waals surface area contributed by atoms with E-state index in [-0.39, 0.29) is 23.1 Å². The molecule has 0 saturated carbocycles. The molecule has 4 rings (SSSR count). The molecule has 186 valence electrons. The van der Waals surface area contributed by atoms with Crippen molar-refractivity contribution in [2.24, 2.45) is 7.05 Å².